The van der Waals surface area contributed by atoms with Gasteiger partial charge in [-0.3, -0.25) is 4.31 Å². The van der Waals surface area contributed by atoms with Gasteiger partial charge in [-0.1, -0.05) is 42.5 Å². The smallest absolute Gasteiger partial charge is 0.264 e. The van der Waals surface area contributed by atoms with Crippen molar-refractivity contribution >= 4 is 26.5 Å². The summed E-state index contributed by atoms with van der Waals surface area (Å²) in [6.45, 7) is 0. The minimum absolute atomic E-state index is 0.254. The number of hydrogen-bond donors (Lipinski definition) is 0. The van der Waals surface area contributed by atoms with Crippen LogP contribution in [0.4, 0.5) is 5.69 Å². The summed E-state index contributed by atoms with van der Waals surface area (Å²) in [6, 6.07) is 21.8. The molecule has 0 bridgehead atoms. The molecule has 120 valence electrons. The molecule has 0 saturated carbocycles. The average Bonchev–Trinajstić information content (AvgIpc) is 2.61. The van der Waals surface area contributed by atoms with Crippen molar-refractivity contribution in [1.82, 2.24) is 0 Å². The second kappa shape index (κ2) is 6.34. The second-order valence-electron chi connectivity index (χ2n) is 5.48. The maximum atomic E-state index is 12.9. The predicted molar refractivity (Wildman–Crippen MR) is 95.3 cm³/mol. The second-order valence-corrected chi connectivity index (χ2v) is 7.45. The number of anilines is 1. The Hall–Kier alpha value is -2.84. The van der Waals surface area contributed by atoms with Crippen LogP contribution in [0.25, 0.3) is 10.8 Å². The highest BCUT2D eigenvalue weighted by Gasteiger charge is 2.21. The average molecular weight is 336 g/mol. The van der Waals surface area contributed by atoms with E-state index in [0.717, 1.165) is 16.3 Å². The van der Waals surface area contributed by atoms with Gasteiger partial charge in [-0.25, -0.2) is 8.42 Å². The number of hydrogen-bond acceptors (Lipinski definition) is 3. The fourth-order valence-corrected chi connectivity index (χ4v) is 3.77. The van der Waals surface area contributed by atoms with E-state index in [1.807, 2.05) is 30.3 Å². The summed E-state index contributed by atoms with van der Waals surface area (Å²) in [5.74, 6) is 0. The molecule has 0 aliphatic heterocycles. The molecule has 0 aliphatic carbocycles. The molecule has 0 saturated heterocycles. The molecule has 0 aliphatic rings. The van der Waals surface area contributed by atoms with Gasteiger partial charge in [0.25, 0.3) is 10.0 Å². The summed E-state index contributed by atoms with van der Waals surface area (Å²) in [6.07, 6.45) is 0.307. The standard InChI is InChI=1S/C19H16N2O2S/c1-21(18-9-6-15(7-10-18)12-13-20)24(22,23)19-11-8-16-4-2-3-5-17(16)14-19/h2-11,14H,12H2,1H3. The topological polar surface area (TPSA) is 61.2 Å². The summed E-state index contributed by atoms with van der Waals surface area (Å²) in [7, 11) is -2.11. The monoisotopic (exact) mass is 336 g/mol. The van der Waals surface area contributed by atoms with E-state index in [2.05, 4.69) is 6.07 Å². The van der Waals surface area contributed by atoms with Crippen LogP contribution in [-0.2, 0) is 16.4 Å². The molecule has 0 unspecified atom stereocenters. The lowest BCUT2D eigenvalue weighted by molar-refractivity contribution is 0.594. The minimum Gasteiger partial charge on any atom is -0.269 e. The number of nitriles is 1. The van der Waals surface area contributed by atoms with Crippen LogP contribution < -0.4 is 4.31 Å². The normalized spacial score (nSPS) is 11.2. The van der Waals surface area contributed by atoms with Crippen LogP contribution in [-0.4, -0.2) is 15.5 Å². The van der Waals surface area contributed by atoms with Crippen LogP contribution in [0, 0.1) is 11.3 Å². The molecule has 3 aromatic carbocycles. The first-order valence-corrected chi connectivity index (χ1v) is 8.90. The van der Waals surface area contributed by atoms with E-state index < -0.39 is 10.0 Å². The molecule has 0 spiro atoms. The lowest BCUT2D eigenvalue weighted by atomic mass is 10.1. The third-order valence-electron chi connectivity index (χ3n) is 3.96. The molecule has 0 heterocycles. The summed E-state index contributed by atoms with van der Waals surface area (Å²) < 4.78 is 27.0. The van der Waals surface area contributed by atoms with Crippen molar-refractivity contribution in [3.63, 3.8) is 0 Å². The summed E-state index contributed by atoms with van der Waals surface area (Å²) in [4.78, 5) is 0.254. The highest BCUT2D eigenvalue weighted by molar-refractivity contribution is 7.92. The number of nitrogens with zero attached hydrogens (tertiary/aromatic N) is 2. The predicted octanol–water partition coefficient (Wildman–Crippen LogP) is 3.73. The van der Waals surface area contributed by atoms with Crippen LogP contribution >= 0.6 is 0 Å². The van der Waals surface area contributed by atoms with E-state index in [0.29, 0.717) is 12.1 Å². The first-order chi connectivity index (χ1) is 11.5. The third kappa shape index (κ3) is 2.97. The molecule has 5 heteroatoms. The van der Waals surface area contributed by atoms with Gasteiger partial charge in [-0.15, -0.1) is 0 Å². The van der Waals surface area contributed by atoms with Crippen LogP contribution in [0.5, 0.6) is 0 Å². The Bertz CT molecular complexity index is 1020. The van der Waals surface area contributed by atoms with E-state index in [-0.39, 0.29) is 4.90 Å². The van der Waals surface area contributed by atoms with E-state index in [1.54, 1.807) is 36.4 Å². The van der Waals surface area contributed by atoms with Crippen molar-refractivity contribution in [2.45, 2.75) is 11.3 Å². The van der Waals surface area contributed by atoms with Gasteiger partial charge >= 0.3 is 0 Å². The van der Waals surface area contributed by atoms with Crippen LogP contribution in [0.15, 0.2) is 71.6 Å². The number of fused-ring (bicyclic) bond motifs is 1. The van der Waals surface area contributed by atoms with E-state index in [1.165, 1.54) is 11.4 Å². The zero-order valence-electron chi connectivity index (χ0n) is 13.2. The molecular formula is C19H16N2O2S. The molecule has 3 aromatic rings. The van der Waals surface area contributed by atoms with Gasteiger partial charge < -0.3 is 0 Å². The molecule has 0 radical (unpaired) electrons. The molecule has 4 nitrogen and oxygen atoms in total. The minimum atomic E-state index is -3.64. The van der Waals surface area contributed by atoms with Crippen molar-refractivity contribution < 1.29 is 8.42 Å². The molecular weight excluding hydrogens is 320 g/mol. The van der Waals surface area contributed by atoms with Crippen LogP contribution in [0.3, 0.4) is 0 Å². The largest absolute Gasteiger partial charge is 0.269 e. The van der Waals surface area contributed by atoms with Gasteiger partial charge in [0.05, 0.1) is 23.1 Å². The lowest BCUT2D eigenvalue weighted by Crippen LogP contribution is -2.26. The van der Waals surface area contributed by atoms with Gasteiger partial charge in [0.2, 0.25) is 0 Å². The first kappa shape index (κ1) is 16.0. The highest BCUT2D eigenvalue weighted by Crippen LogP contribution is 2.25. The van der Waals surface area contributed by atoms with Gasteiger partial charge in [-0.05, 0) is 40.6 Å². The Kier molecular flexibility index (Phi) is 4.24. The van der Waals surface area contributed by atoms with Crippen molar-refractivity contribution in [2.75, 3.05) is 11.4 Å². The lowest BCUT2D eigenvalue weighted by Gasteiger charge is -2.20. The molecule has 24 heavy (non-hydrogen) atoms. The molecule has 0 atom stereocenters. The Morgan fingerprint density at radius 2 is 1.62 bits per heavy atom. The van der Waals surface area contributed by atoms with Crippen LogP contribution in [0.1, 0.15) is 5.56 Å². The van der Waals surface area contributed by atoms with Gasteiger partial charge in [0.15, 0.2) is 0 Å². The summed E-state index contributed by atoms with van der Waals surface area (Å²) in [5.41, 5.74) is 1.42. The fraction of sp³-hybridized carbons (Fsp3) is 0.105. The quantitative estimate of drug-likeness (QED) is 0.729. The number of sulfonamides is 1. The zero-order chi connectivity index (χ0) is 17.2. The maximum absolute atomic E-state index is 12.9. The summed E-state index contributed by atoms with van der Waals surface area (Å²) in [5, 5.41) is 10.6. The Balaban J connectivity index is 1.97. The number of rotatable bonds is 4. The molecule has 0 fully saturated rings. The fourth-order valence-electron chi connectivity index (χ4n) is 2.54. The Morgan fingerprint density at radius 1 is 0.958 bits per heavy atom. The van der Waals surface area contributed by atoms with Crippen molar-refractivity contribution in [3.8, 4) is 6.07 Å². The van der Waals surface area contributed by atoms with Crippen molar-refractivity contribution in [1.29, 1.82) is 5.26 Å². The van der Waals surface area contributed by atoms with Crippen molar-refractivity contribution in [3.05, 3.63) is 72.3 Å². The van der Waals surface area contributed by atoms with E-state index in [4.69, 9.17) is 5.26 Å². The molecule has 0 N–H and O–H groups in total. The SMILES string of the molecule is CN(c1ccc(CC#N)cc1)S(=O)(=O)c1ccc2ccccc2c1. The van der Waals surface area contributed by atoms with Gasteiger partial charge in [0.1, 0.15) is 0 Å². The maximum Gasteiger partial charge on any atom is 0.264 e. The van der Waals surface area contributed by atoms with Crippen molar-refractivity contribution in [2.24, 2.45) is 0 Å². The molecule has 3 rings (SSSR count). The third-order valence-corrected chi connectivity index (χ3v) is 5.74. The highest BCUT2D eigenvalue weighted by atomic mass is 32.2. The summed E-state index contributed by atoms with van der Waals surface area (Å²) >= 11 is 0. The Labute approximate surface area is 141 Å². The molecule has 0 amide bonds. The zero-order valence-corrected chi connectivity index (χ0v) is 14.0. The first-order valence-electron chi connectivity index (χ1n) is 7.46. The number of benzene rings is 3. The Morgan fingerprint density at radius 3 is 2.29 bits per heavy atom. The van der Waals surface area contributed by atoms with E-state index in [9.17, 15) is 8.42 Å². The van der Waals surface area contributed by atoms with Gasteiger partial charge in [0, 0.05) is 7.05 Å². The van der Waals surface area contributed by atoms with Gasteiger partial charge in [-0.2, -0.15) is 5.26 Å². The molecule has 0 aromatic heterocycles. The van der Waals surface area contributed by atoms with Crippen LogP contribution in [0.2, 0.25) is 0 Å². The van der Waals surface area contributed by atoms with E-state index >= 15 is 0 Å².